The van der Waals surface area contributed by atoms with Gasteiger partial charge in [-0.1, -0.05) is 11.6 Å². The molecule has 1 aliphatic heterocycles. The van der Waals surface area contributed by atoms with Crippen LogP contribution >= 0.6 is 11.6 Å². The van der Waals surface area contributed by atoms with Gasteiger partial charge in [0.15, 0.2) is 15.7 Å². The number of hydrogen-bond acceptors (Lipinski definition) is 4. The molecule has 21 heavy (non-hydrogen) atoms. The molecule has 1 saturated heterocycles. The number of ether oxygens (including phenoxy) is 1. The highest BCUT2D eigenvalue weighted by molar-refractivity contribution is 7.91. The minimum atomic E-state index is -4.02. The van der Waals surface area contributed by atoms with Gasteiger partial charge in [-0.25, -0.2) is 17.6 Å². The fourth-order valence-corrected chi connectivity index (χ4v) is 4.18. The first kappa shape index (κ1) is 16.2. The Balaban J connectivity index is 2.38. The summed E-state index contributed by atoms with van der Waals surface area (Å²) in [6.45, 7) is 1.83. The quantitative estimate of drug-likeness (QED) is 0.913. The highest BCUT2D eigenvalue weighted by Crippen LogP contribution is 2.28. The maximum absolute atomic E-state index is 14.1. The lowest BCUT2D eigenvalue weighted by atomic mass is 10.2. The Morgan fingerprint density at radius 2 is 2.14 bits per heavy atom. The first-order valence-corrected chi connectivity index (χ1v) is 8.34. The van der Waals surface area contributed by atoms with Crippen LogP contribution in [0.5, 0.6) is 0 Å². The number of aromatic carboxylic acids is 1. The summed E-state index contributed by atoms with van der Waals surface area (Å²) in [4.78, 5) is 10.2. The smallest absolute Gasteiger partial charge is 0.338 e. The number of carboxylic acid groups (broad SMARTS) is 1. The van der Waals surface area contributed by atoms with E-state index >= 15 is 0 Å². The molecule has 1 N–H and O–H groups in total. The Kier molecular flexibility index (Phi) is 4.55. The normalized spacial score (nSPS) is 22.4. The van der Waals surface area contributed by atoms with E-state index in [-0.39, 0.29) is 11.1 Å². The van der Waals surface area contributed by atoms with Crippen molar-refractivity contribution in [3.05, 3.63) is 28.5 Å². The fraction of sp³-hybridized carbons (Fsp3) is 0.462. The third-order valence-electron chi connectivity index (χ3n) is 3.29. The van der Waals surface area contributed by atoms with E-state index in [4.69, 9.17) is 21.4 Å². The highest BCUT2D eigenvalue weighted by Gasteiger charge is 2.31. The minimum absolute atomic E-state index is 0.0380. The van der Waals surface area contributed by atoms with Gasteiger partial charge in [-0.2, -0.15) is 0 Å². The van der Waals surface area contributed by atoms with Crippen molar-refractivity contribution in [2.75, 3.05) is 5.75 Å². The monoisotopic (exact) mass is 336 g/mol. The summed E-state index contributed by atoms with van der Waals surface area (Å²) < 4.78 is 44.0. The van der Waals surface area contributed by atoms with Crippen molar-refractivity contribution in [1.82, 2.24) is 0 Å². The number of carboxylic acids is 1. The van der Waals surface area contributed by atoms with Crippen LogP contribution in [0.1, 0.15) is 30.1 Å². The van der Waals surface area contributed by atoms with Crippen molar-refractivity contribution < 1.29 is 27.4 Å². The van der Waals surface area contributed by atoms with Gasteiger partial charge in [0.1, 0.15) is 4.90 Å². The van der Waals surface area contributed by atoms with Crippen molar-refractivity contribution >= 4 is 27.4 Å². The molecule has 0 bridgehead atoms. The third kappa shape index (κ3) is 3.53. The molecule has 2 unspecified atom stereocenters. The molecule has 1 aromatic carbocycles. The van der Waals surface area contributed by atoms with Gasteiger partial charge in [-0.3, -0.25) is 0 Å². The number of sulfone groups is 1. The predicted octanol–water partition coefficient (Wildman–Crippen LogP) is 2.52. The zero-order valence-electron chi connectivity index (χ0n) is 11.2. The molecular formula is C13H14ClFO5S. The molecule has 116 valence electrons. The Morgan fingerprint density at radius 3 is 2.67 bits per heavy atom. The van der Waals surface area contributed by atoms with E-state index in [9.17, 15) is 17.6 Å². The Hall–Kier alpha value is -1.18. The average Bonchev–Trinajstić information content (AvgIpc) is 2.76. The van der Waals surface area contributed by atoms with Crippen LogP contribution in [-0.2, 0) is 14.6 Å². The molecule has 1 fully saturated rings. The zero-order valence-corrected chi connectivity index (χ0v) is 12.7. The van der Waals surface area contributed by atoms with E-state index in [2.05, 4.69) is 0 Å². The molecule has 2 rings (SSSR count). The molecule has 8 heteroatoms. The van der Waals surface area contributed by atoms with E-state index in [1.807, 2.05) is 6.92 Å². The number of benzene rings is 1. The molecule has 0 aliphatic carbocycles. The van der Waals surface area contributed by atoms with Crippen LogP contribution in [0.25, 0.3) is 0 Å². The van der Waals surface area contributed by atoms with Crippen LogP contribution in [0.3, 0.4) is 0 Å². The fourth-order valence-electron chi connectivity index (χ4n) is 2.29. The first-order chi connectivity index (χ1) is 9.70. The van der Waals surface area contributed by atoms with Crippen LogP contribution in [0, 0.1) is 5.82 Å². The lowest BCUT2D eigenvalue weighted by Crippen LogP contribution is -2.22. The van der Waals surface area contributed by atoms with Gasteiger partial charge in [0, 0.05) is 5.02 Å². The van der Waals surface area contributed by atoms with Gasteiger partial charge in [0.2, 0.25) is 0 Å². The molecule has 0 spiro atoms. The van der Waals surface area contributed by atoms with Gasteiger partial charge >= 0.3 is 5.97 Å². The largest absolute Gasteiger partial charge is 0.478 e. The van der Waals surface area contributed by atoms with Crippen LogP contribution in [-0.4, -0.2) is 37.5 Å². The van der Waals surface area contributed by atoms with Crippen LogP contribution in [0.2, 0.25) is 5.02 Å². The summed E-state index contributed by atoms with van der Waals surface area (Å²) in [5, 5.41) is 8.74. The van der Waals surface area contributed by atoms with Crippen molar-refractivity contribution in [3.63, 3.8) is 0 Å². The molecule has 1 heterocycles. The van der Waals surface area contributed by atoms with Crippen LogP contribution in [0.4, 0.5) is 4.39 Å². The van der Waals surface area contributed by atoms with E-state index < -0.39 is 43.9 Å². The highest BCUT2D eigenvalue weighted by atomic mass is 35.5. The summed E-state index contributed by atoms with van der Waals surface area (Å²) in [5.41, 5.74) is -0.762. The second-order valence-electron chi connectivity index (χ2n) is 5.00. The molecule has 1 aliphatic rings. The summed E-state index contributed by atoms with van der Waals surface area (Å²) in [6.07, 6.45) is 0.744. The lowest BCUT2D eigenvalue weighted by molar-refractivity contribution is 0.0687. The standard InChI is InChI=1S/C13H14ClFO5S/c1-7-2-3-9(20-7)6-21(18,19)11-5-8(14)4-10(12(11)15)13(16)17/h4-5,7,9H,2-3,6H2,1H3,(H,16,17). The molecule has 0 saturated carbocycles. The SMILES string of the molecule is CC1CCC(CS(=O)(=O)c2cc(Cl)cc(C(=O)O)c2F)O1. The first-order valence-electron chi connectivity index (χ1n) is 6.31. The number of halogens is 2. The lowest BCUT2D eigenvalue weighted by Gasteiger charge is -2.13. The minimum Gasteiger partial charge on any atom is -0.478 e. The van der Waals surface area contributed by atoms with Gasteiger partial charge in [-0.15, -0.1) is 0 Å². The summed E-state index contributed by atoms with van der Waals surface area (Å²) in [5.74, 6) is -3.26. The summed E-state index contributed by atoms with van der Waals surface area (Å²) in [6, 6.07) is 1.81. The molecule has 1 aromatic rings. The van der Waals surface area contributed by atoms with E-state index in [1.165, 1.54) is 0 Å². The third-order valence-corrected chi connectivity index (χ3v) is 5.29. The van der Waals surface area contributed by atoms with Gasteiger partial charge < -0.3 is 9.84 Å². The van der Waals surface area contributed by atoms with Crippen molar-refractivity contribution in [3.8, 4) is 0 Å². The van der Waals surface area contributed by atoms with Gasteiger partial charge in [-0.05, 0) is 31.9 Å². The van der Waals surface area contributed by atoms with E-state index in [0.717, 1.165) is 18.6 Å². The topological polar surface area (TPSA) is 80.7 Å². The maximum Gasteiger partial charge on any atom is 0.338 e. The molecule has 0 radical (unpaired) electrons. The number of rotatable bonds is 4. The molecule has 2 atom stereocenters. The Morgan fingerprint density at radius 1 is 1.48 bits per heavy atom. The van der Waals surface area contributed by atoms with E-state index in [1.54, 1.807) is 0 Å². The number of hydrogen-bond donors (Lipinski definition) is 1. The number of carbonyl (C=O) groups is 1. The van der Waals surface area contributed by atoms with Crippen molar-refractivity contribution in [2.24, 2.45) is 0 Å². The van der Waals surface area contributed by atoms with Gasteiger partial charge in [0.05, 0.1) is 23.5 Å². The Labute approximate surface area is 126 Å². The Bertz CT molecular complexity index is 673. The van der Waals surface area contributed by atoms with Crippen LogP contribution < -0.4 is 0 Å². The zero-order chi connectivity index (χ0) is 15.8. The molecular weight excluding hydrogens is 323 g/mol. The summed E-state index contributed by atoms with van der Waals surface area (Å²) in [7, 11) is -4.02. The van der Waals surface area contributed by atoms with Crippen LogP contribution in [0.15, 0.2) is 17.0 Å². The molecule has 0 aromatic heterocycles. The van der Waals surface area contributed by atoms with E-state index in [0.29, 0.717) is 6.42 Å². The second kappa shape index (κ2) is 5.90. The molecule has 5 nitrogen and oxygen atoms in total. The predicted molar refractivity (Wildman–Crippen MR) is 74.0 cm³/mol. The van der Waals surface area contributed by atoms with Gasteiger partial charge in [0.25, 0.3) is 0 Å². The van der Waals surface area contributed by atoms with Crippen molar-refractivity contribution in [2.45, 2.75) is 36.9 Å². The summed E-state index contributed by atoms with van der Waals surface area (Å²) >= 11 is 5.69. The average molecular weight is 337 g/mol. The second-order valence-corrected chi connectivity index (χ2v) is 7.44. The maximum atomic E-state index is 14.1. The van der Waals surface area contributed by atoms with Crippen molar-refractivity contribution in [1.29, 1.82) is 0 Å². The molecule has 0 amide bonds.